The van der Waals surface area contributed by atoms with Gasteiger partial charge in [0.05, 0.1) is 17.0 Å². The highest BCUT2D eigenvalue weighted by molar-refractivity contribution is 7.92. The SMILES string of the molecule is C=CCOc1cccc(N(CCC(=O)O)S(=O)(=O)c2ccc(C)cc2)c1. The quantitative estimate of drug-likeness (QED) is 0.680. The number of sulfonamides is 1. The molecule has 1 N–H and O–H groups in total. The van der Waals surface area contributed by atoms with Crippen molar-refractivity contribution in [3.8, 4) is 5.75 Å². The molecule has 0 saturated heterocycles. The summed E-state index contributed by atoms with van der Waals surface area (Å²) >= 11 is 0. The molecule has 2 rings (SSSR count). The minimum absolute atomic E-state index is 0.103. The first-order valence-corrected chi connectivity index (χ1v) is 9.43. The molecule has 0 amide bonds. The van der Waals surface area contributed by atoms with Gasteiger partial charge in [-0.2, -0.15) is 0 Å². The van der Waals surface area contributed by atoms with Gasteiger partial charge < -0.3 is 9.84 Å². The molecule has 138 valence electrons. The number of aliphatic carboxylic acids is 1. The molecule has 0 aromatic heterocycles. The predicted molar refractivity (Wildman–Crippen MR) is 100 cm³/mol. The molecular weight excluding hydrogens is 354 g/mol. The summed E-state index contributed by atoms with van der Waals surface area (Å²) in [6, 6.07) is 12.9. The van der Waals surface area contributed by atoms with E-state index in [-0.39, 0.29) is 24.5 Å². The molecule has 0 unspecified atom stereocenters. The number of hydrogen-bond donors (Lipinski definition) is 1. The Balaban J connectivity index is 2.44. The van der Waals surface area contributed by atoms with Crippen LogP contribution in [0.4, 0.5) is 5.69 Å². The number of aryl methyl sites for hydroxylation is 1. The lowest BCUT2D eigenvalue weighted by atomic mass is 10.2. The van der Waals surface area contributed by atoms with Gasteiger partial charge >= 0.3 is 5.97 Å². The van der Waals surface area contributed by atoms with E-state index in [1.54, 1.807) is 42.5 Å². The van der Waals surface area contributed by atoms with Gasteiger partial charge in [0.1, 0.15) is 12.4 Å². The predicted octanol–water partition coefficient (Wildman–Crippen LogP) is 3.23. The fraction of sp³-hybridized carbons (Fsp3) is 0.211. The Kier molecular flexibility index (Phi) is 6.41. The first-order valence-electron chi connectivity index (χ1n) is 7.99. The second-order valence-corrected chi connectivity index (χ2v) is 7.49. The number of carboxylic acid groups (broad SMARTS) is 1. The summed E-state index contributed by atoms with van der Waals surface area (Å²) < 4.78 is 32.7. The van der Waals surface area contributed by atoms with Gasteiger partial charge in [-0.3, -0.25) is 9.10 Å². The van der Waals surface area contributed by atoms with Crippen LogP contribution in [0.15, 0.2) is 66.1 Å². The minimum atomic E-state index is -3.91. The van der Waals surface area contributed by atoms with Gasteiger partial charge in [-0.25, -0.2) is 8.42 Å². The van der Waals surface area contributed by atoms with Crippen molar-refractivity contribution in [1.29, 1.82) is 0 Å². The van der Waals surface area contributed by atoms with E-state index in [2.05, 4.69) is 6.58 Å². The highest BCUT2D eigenvalue weighted by atomic mass is 32.2. The molecular formula is C19H21NO5S. The average molecular weight is 375 g/mol. The number of rotatable bonds is 9. The summed E-state index contributed by atoms with van der Waals surface area (Å²) in [7, 11) is -3.91. The Morgan fingerprint density at radius 3 is 2.54 bits per heavy atom. The van der Waals surface area contributed by atoms with Crippen molar-refractivity contribution in [2.45, 2.75) is 18.2 Å². The van der Waals surface area contributed by atoms with Gasteiger partial charge in [-0.15, -0.1) is 0 Å². The molecule has 0 spiro atoms. The van der Waals surface area contributed by atoms with Crippen molar-refractivity contribution >= 4 is 21.7 Å². The molecule has 26 heavy (non-hydrogen) atoms. The van der Waals surface area contributed by atoms with Crippen molar-refractivity contribution in [2.75, 3.05) is 17.5 Å². The fourth-order valence-corrected chi connectivity index (χ4v) is 3.76. The van der Waals surface area contributed by atoms with Crippen molar-refractivity contribution < 1.29 is 23.1 Å². The van der Waals surface area contributed by atoms with Crippen LogP contribution in [0, 0.1) is 6.92 Å². The van der Waals surface area contributed by atoms with Gasteiger partial charge in [-0.05, 0) is 31.2 Å². The van der Waals surface area contributed by atoms with Crippen LogP contribution in [-0.2, 0) is 14.8 Å². The fourth-order valence-electron chi connectivity index (χ4n) is 2.31. The maximum absolute atomic E-state index is 13.1. The van der Waals surface area contributed by atoms with E-state index in [1.165, 1.54) is 12.1 Å². The molecule has 0 aliphatic heterocycles. The molecule has 0 saturated carbocycles. The monoisotopic (exact) mass is 375 g/mol. The second-order valence-electron chi connectivity index (χ2n) is 5.63. The number of hydrogen-bond acceptors (Lipinski definition) is 4. The molecule has 2 aromatic carbocycles. The third-order valence-corrected chi connectivity index (χ3v) is 5.45. The standard InChI is InChI=1S/C19H21NO5S/c1-3-13-25-17-6-4-5-16(14-17)20(12-11-19(21)22)26(23,24)18-9-7-15(2)8-10-18/h3-10,14H,1,11-13H2,2H3,(H,21,22). The Morgan fingerprint density at radius 1 is 1.23 bits per heavy atom. The lowest BCUT2D eigenvalue weighted by molar-refractivity contribution is -0.136. The molecule has 0 bridgehead atoms. The molecule has 0 radical (unpaired) electrons. The lowest BCUT2D eigenvalue weighted by Gasteiger charge is -2.24. The van der Waals surface area contributed by atoms with E-state index in [4.69, 9.17) is 9.84 Å². The molecule has 0 fully saturated rings. The van der Waals surface area contributed by atoms with Crippen molar-refractivity contribution in [1.82, 2.24) is 0 Å². The Hall–Kier alpha value is -2.80. The largest absolute Gasteiger partial charge is 0.489 e. The number of carbonyl (C=O) groups is 1. The molecule has 0 heterocycles. The number of carboxylic acids is 1. The average Bonchev–Trinajstić information content (AvgIpc) is 2.60. The third-order valence-electron chi connectivity index (χ3n) is 3.61. The summed E-state index contributed by atoms with van der Waals surface area (Å²) in [4.78, 5) is 11.1. The van der Waals surface area contributed by atoms with Crippen LogP contribution < -0.4 is 9.04 Å². The number of ether oxygens (including phenoxy) is 1. The van der Waals surface area contributed by atoms with E-state index < -0.39 is 16.0 Å². The van der Waals surface area contributed by atoms with Crippen LogP contribution in [0.5, 0.6) is 5.75 Å². The highest BCUT2D eigenvalue weighted by Gasteiger charge is 2.25. The van der Waals surface area contributed by atoms with Crippen molar-refractivity contribution in [2.24, 2.45) is 0 Å². The summed E-state index contributed by atoms with van der Waals surface area (Å²) in [5.41, 5.74) is 1.27. The van der Waals surface area contributed by atoms with E-state index >= 15 is 0 Å². The number of benzene rings is 2. The van der Waals surface area contributed by atoms with E-state index in [1.807, 2.05) is 6.92 Å². The topological polar surface area (TPSA) is 83.9 Å². The minimum Gasteiger partial charge on any atom is -0.489 e. The van der Waals surface area contributed by atoms with E-state index in [0.717, 1.165) is 9.87 Å². The van der Waals surface area contributed by atoms with Gasteiger partial charge in [0.25, 0.3) is 10.0 Å². The first-order chi connectivity index (χ1) is 12.3. The highest BCUT2D eigenvalue weighted by Crippen LogP contribution is 2.27. The zero-order chi connectivity index (χ0) is 19.2. The van der Waals surface area contributed by atoms with Gasteiger partial charge in [0.2, 0.25) is 0 Å². The molecule has 7 heteroatoms. The third kappa shape index (κ3) is 4.86. The van der Waals surface area contributed by atoms with Gasteiger partial charge in [-0.1, -0.05) is 36.4 Å². The van der Waals surface area contributed by atoms with Crippen LogP contribution in [0.1, 0.15) is 12.0 Å². The van der Waals surface area contributed by atoms with Crippen LogP contribution in [0.3, 0.4) is 0 Å². The first kappa shape index (κ1) is 19.5. The molecule has 0 aliphatic carbocycles. The van der Waals surface area contributed by atoms with Crippen LogP contribution >= 0.6 is 0 Å². The maximum Gasteiger partial charge on any atom is 0.305 e. The molecule has 2 aromatic rings. The zero-order valence-electron chi connectivity index (χ0n) is 14.5. The van der Waals surface area contributed by atoms with Crippen molar-refractivity contribution in [3.05, 3.63) is 66.7 Å². The second kappa shape index (κ2) is 8.53. The summed E-state index contributed by atoms with van der Waals surface area (Å²) in [5, 5.41) is 9.00. The Bertz CT molecular complexity index is 875. The van der Waals surface area contributed by atoms with Gasteiger partial charge in [0, 0.05) is 12.6 Å². The van der Waals surface area contributed by atoms with Crippen molar-refractivity contribution in [3.63, 3.8) is 0 Å². The molecule has 0 aliphatic rings. The van der Waals surface area contributed by atoms with Crippen LogP contribution in [0.25, 0.3) is 0 Å². The number of anilines is 1. The van der Waals surface area contributed by atoms with E-state index in [0.29, 0.717) is 11.4 Å². The number of nitrogens with zero attached hydrogens (tertiary/aromatic N) is 1. The van der Waals surface area contributed by atoms with E-state index in [9.17, 15) is 13.2 Å². The Labute approximate surface area is 153 Å². The van der Waals surface area contributed by atoms with Crippen LogP contribution in [0.2, 0.25) is 0 Å². The smallest absolute Gasteiger partial charge is 0.305 e. The Morgan fingerprint density at radius 2 is 1.92 bits per heavy atom. The molecule has 0 atom stereocenters. The normalized spacial score (nSPS) is 11.0. The van der Waals surface area contributed by atoms with Crippen LogP contribution in [-0.4, -0.2) is 32.6 Å². The summed E-state index contributed by atoms with van der Waals surface area (Å²) in [6.45, 7) is 5.53. The summed E-state index contributed by atoms with van der Waals surface area (Å²) in [6.07, 6.45) is 1.26. The lowest BCUT2D eigenvalue weighted by Crippen LogP contribution is -2.33. The van der Waals surface area contributed by atoms with Gasteiger partial charge in [0.15, 0.2) is 0 Å². The molecule has 6 nitrogen and oxygen atoms in total. The maximum atomic E-state index is 13.1. The summed E-state index contributed by atoms with van der Waals surface area (Å²) in [5.74, 6) is -0.602. The zero-order valence-corrected chi connectivity index (χ0v) is 15.3.